The number of anilines is 1. The number of carboxylic acid groups (broad SMARTS) is 1. The number of ether oxygens (including phenoxy) is 1. The fourth-order valence-corrected chi connectivity index (χ4v) is 2.78. The zero-order valence-corrected chi connectivity index (χ0v) is 13.8. The van der Waals surface area contributed by atoms with Crippen LogP contribution in [0.5, 0.6) is 5.75 Å². The molecule has 1 aliphatic rings. The normalized spacial score (nSPS) is 17.1. The Morgan fingerprint density at radius 2 is 2.25 bits per heavy atom. The lowest BCUT2D eigenvalue weighted by Crippen LogP contribution is -2.25. The average molecular weight is 328 g/mol. The van der Waals surface area contributed by atoms with Gasteiger partial charge in [0.15, 0.2) is 5.69 Å². The van der Waals surface area contributed by atoms with E-state index in [0.29, 0.717) is 24.2 Å². The predicted octanol–water partition coefficient (Wildman–Crippen LogP) is 2.09. The van der Waals surface area contributed by atoms with Crippen LogP contribution in [-0.2, 0) is 0 Å². The molecule has 1 aliphatic heterocycles. The minimum Gasteiger partial charge on any atom is -0.491 e. The highest BCUT2D eigenvalue weighted by molar-refractivity contribution is 5.85. The maximum Gasteiger partial charge on any atom is 0.354 e. The van der Waals surface area contributed by atoms with Crippen molar-refractivity contribution >= 4 is 11.9 Å². The molecule has 2 aromatic rings. The molecule has 1 unspecified atom stereocenters. The van der Waals surface area contributed by atoms with Gasteiger partial charge in [0.25, 0.3) is 0 Å². The first-order chi connectivity index (χ1) is 11.5. The van der Waals surface area contributed by atoms with Gasteiger partial charge in [-0.25, -0.2) is 14.8 Å². The maximum atomic E-state index is 11.1. The third kappa shape index (κ3) is 3.61. The van der Waals surface area contributed by atoms with Crippen molar-refractivity contribution in [2.45, 2.75) is 20.3 Å². The van der Waals surface area contributed by atoms with E-state index in [2.05, 4.69) is 15.0 Å². The fraction of sp³-hybridized carbons (Fsp3) is 0.412. The Balaban J connectivity index is 1.63. The lowest BCUT2D eigenvalue weighted by molar-refractivity contribution is 0.0690. The van der Waals surface area contributed by atoms with Gasteiger partial charge in [-0.1, -0.05) is 0 Å². The fourth-order valence-electron chi connectivity index (χ4n) is 2.78. The van der Waals surface area contributed by atoms with E-state index < -0.39 is 5.97 Å². The van der Waals surface area contributed by atoms with E-state index in [0.717, 1.165) is 31.0 Å². The second-order valence-electron chi connectivity index (χ2n) is 6.00. The van der Waals surface area contributed by atoms with Crippen molar-refractivity contribution in [2.75, 3.05) is 24.6 Å². The zero-order valence-electron chi connectivity index (χ0n) is 13.8. The summed E-state index contributed by atoms with van der Waals surface area (Å²) in [7, 11) is 0. The first kappa shape index (κ1) is 16.2. The van der Waals surface area contributed by atoms with Gasteiger partial charge < -0.3 is 14.7 Å². The number of nitrogens with zero attached hydrogens (tertiary/aromatic N) is 4. The van der Waals surface area contributed by atoms with Gasteiger partial charge >= 0.3 is 5.97 Å². The van der Waals surface area contributed by atoms with E-state index in [1.807, 2.05) is 24.0 Å². The number of hydrogen-bond donors (Lipinski definition) is 1. The van der Waals surface area contributed by atoms with Crippen LogP contribution in [0.4, 0.5) is 5.95 Å². The van der Waals surface area contributed by atoms with Crippen LogP contribution in [0.1, 0.15) is 28.3 Å². The smallest absolute Gasteiger partial charge is 0.354 e. The number of aryl methyl sites for hydroxylation is 2. The number of rotatable bonds is 5. The van der Waals surface area contributed by atoms with Crippen molar-refractivity contribution in [2.24, 2.45) is 5.92 Å². The second kappa shape index (κ2) is 6.82. The third-order valence-corrected chi connectivity index (χ3v) is 4.06. The van der Waals surface area contributed by atoms with Crippen LogP contribution in [-0.4, -0.2) is 45.7 Å². The molecule has 7 heteroatoms. The Labute approximate surface area is 140 Å². The van der Waals surface area contributed by atoms with Gasteiger partial charge in [-0.05, 0) is 38.5 Å². The summed E-state index contributed by atoms with van der Waals surface area (Å²) in [5.74, 6) is 0.596. The van der Waals surface area contributed by atoms with Crippen molar-refractivity contribution < 1.29 is 14.6 Å². The molecule has 0 saturated carbocycles. The molecule has 7 nitrogen and oxygen atoms in total. The molecular formula is C17H20N4O3. The molecule has 0 amide bonds. The number of pyridine rings is 1. The Bertz CT molecular complexity index is 750. The summed E-state index contributed by atoms with van der Waals surface area (Å²) in [6.45, 7) is 5.84. The highest BCUT2D eigenvalue weighted by atomic mass is 16.5. The van der Waals surface area contributed by atoms with Crippen LogP contribution in [0.2, 0.25) is 0 Å². The molecule has 3 rings (SSSR count). The SMILES string of the molecule is Cc1cc(C(=O)O)nc(N2CCC(COc3cccnc3C)C2)n1. The molecule has 0 aromatic carbocycles. The highest BCUT2D eigenvalue weighted by Gasteiger charge is 2.26. The summed E-state index contributed by atoms with van der Waals surface area (Å²) >= 11 is 0. The van der Waals surface area contributed by atoms with Gasteiger partial charge in [0.1, 0.15) is 5.75 Å². The van der Waals surface area contributed by atoms with Gasteiger partial charge in [0.05, 0.1) is 12.3 Å². The highest BCUT2D eigenvalue weighted by Crippen LogP contribution is 2.23. The van der Waals surface area contributed by atoms with Crippen molar-refractivity contribution in [3.8, 4) is 5.75 Å². The monoisotopic (exact) mass is 328 g/mol. The minimum absolute atomic E-state index is 0.0307. The number of aromatic nitrogens is 3. The Morgan fingerprint density at radius 1 is 1.42 bits per heavy atom. The molecule has 1 fully saturated rings. The summed E-state index contributed by atoms with van der Waals surface area (Å²) in [5.41, 5.74) is 1.56. The molecule has 3 heterocycles. The van der Waals surface area contributed by atoms with Crippen LogP contribution in [0.25, 0.3) is 0 Å². The van der Waals surface area contributed by atoms with E-state index >= 15 is 0 Å². The van der Waals surface area contributed by atoms with Crippen molar-refractivity contribution in [1.29, 1.82) is 0 Å². The molecule has 0 radical (unpaired) electrons. The molecule has 24 heavy (non-hydrogen) atoms. The summed E-state index contributed by atoms with van der Waals surface area (Å²) in [6.07, 6.45) is 2.70. The number of aromatic carboxylic acids is 1. The van der Waals surface area contributed by atoms with Gasteiger partial charge in [0.2, 0.25) is 5.95 Å². The summed E-state index contributed by atoms with van der Waals surface area (Å²) < 4.78 is 5.87. The first-order valence-electron chi connectivity index (χ1n) is 7.91. The molecule has 0 bridgehead atoms. The average Bonchev–Trinajstić information content (AvgIpc) is 3.02. The van der Waals surface area contributed by atoms with Crippen LogP contribution >= 0.6 is 0 Å². The van der Waals surface area contributed by atoms with Crippen LogP contribution in [0.15, 0.2) is 24.4 Å². The van der Waals surface area contributed by atoms with Crippen molar-refractivity contribution in [1.82, 2.24) is 15.0 Å². The molecule has 0 spiro atoms. The third-order valence-electron chi connectivity index (χ3n) is 4.06. The number of hydrogen-bond acceptors (Lipinski definition) is 6. The molecule has 2 aromatic heterocycles. The number of carboxylic acids is 1. The van der Waals surface area contributed by atoms with E-state index in [9.17, 15) is 4.79 Å². The zero-order chi connectivity index (χ0) is 17.1. The Morgan fingerprint density at radius 3 is 3.00 bits per heavy atom. The predicted molar refractivity (Wildman–Crippen MR) is 88.5 cm³/mol. The number of carbonyl (C=O) groups is 1. The standard InChI is InChI=1S/C17H20N4O3/c1-11-8-14(16(22)23)20-17(19-11)21-7-5-13(9-21)10-24-15-4-3-6-18-12(15)2/h3-4,6,8,13H,5,7,9-10H2,1-2H3,(H,22,23). The van der Waals surface area contributed by atoms with E-state index in [-0.39, 0.29) is 5.69 Å². The van der Waals surface area contributed by atoms with Crippen LogP contribution < -0.4 is 9.64 Å². The van der Waals surface area contributed by atoms with Gasteiger partial charge in [-0.2, -0.15) is 0 Å². The van der Waals surface area contributed by atoms with E-state index in [4.69, 9.17) is 9.84 Å². The molecule has 0 aliphatic carbocycles. The summed E-state index contributed by atoms with van der Waals surface area (Å²) in [5, 5.41) is 9.13. The lowest BCUT2D eigenvalue weighted by atomic mass is 10.1. The van der Waals surface area contributed by atoms with Crippen LogP contribution in [0, 0.1) is 19.8 Å². The first-order valence-corrected chi connectivity index (χ1v) is 7.91. The molecule has 1 saturated heterocycles. The van der Waals surface area contributed by atoms with Crippen LogP contribution in [0.3, 0.4) is 0 Å². The Kier molecular flexibility index (Phi) is 4.59. The lowest BCUT2D eigenvalue weighted by Gasteiger charge is -2.17. The molecule has 1 atom stereocenters. The van der Waals surface area contributed by atoms with E-state index in [1.54, 1.807) is 13.1 Å². The molecule has 126 valence electrons. The minimum atomic E-state index is -1.03. The summed E-state index contributed by atoms with van der Waals surface area (Å²) in [4.78, 5) is 25.9. The second-order valence-corrected chi connectivity index (χ2v) is 6.00. The summed E-state index contributed by atoms with van der Waals surface area (Å²) in [6, 6.07) is 5.25. The topological polar surface area (TPSA) is 88.4 Å². The Hall–Kier alpha value is -2.70. The largest absolute Gasteiger partial charge is 0.491 e. The van der Waals surface area contributed by atoms with Crippen molar-refractivity contribution in [3.05, 3.63) is 41.5 Å². The molecule has 1 N–H and O–H groups in total. The van der Waals surface area contributed by atoms with Gasteiger partial charge in [-0.15, -0.1) is 0 Å². The van der Waals surface area contributed by atoms with Gasteiger partial charge in [-0.3, -0.25) is 4.98 Å². The van der Waals surface area contributed by atoms with Crippen molar-refractivity contribution in [3.63, 3.8) is 0 Å². The quantitative estimate of drug-likeness (QED) is 0.899. The maximum absolute atomic E-state index is 11.1. The van der Waals surface area contributed by atoms with E-state index in [1.165, 1.54) is 6.07 Å². The molecular weight excluding hydrogens is 308 g/mol. The van der Waals surface area contributed by atoms with Gasteiger partial charge in [0, 0.05) is 30.9 Å².